The Hall–Kier alpha value is -3.10. The van der Waals surface area contributed by atoms with E-state index < -0.39 is 0 Å². The van der Waals surface area contributed by atoms with Gasteiger partial charge in [-0.3, -0.25) is 4.79 Å². The molecule has 0 spiro atoms. The number of methoxy groups -OCH3 is 1. The third kappa shape index (κ3) is 5.34. The molecule has 0 bridgehead atoms. The number of carbonyl (C=O) groups is 1. The van der Waals surface area contributed by atoms with Crippen LogP contribution in [0.3, 0.4) is 0 Å². The summed E-state index contributed by atoms with van der Waals surface area (Å²) < 4.78 is 17.0. The van der Waals surface area contributed by atoms with E-state index in [-0.39, 0.29) is 5.91 Å². The van der Waals surface area contributed by atoms with E-state index in [0.717, 1.165) is 53.8 Å². The van der Waals surface area contributed by atoms with Crippen LogP contribution in [0.25, 0.3) is 21.8 Å². The van der Waals surface area contributed by atoms with Gasteiger partial charge in [-0.2, -0.15) is 0 Å². The molecular weight excluding hydrogens is 450 g/mol. The highest BCUT2D eigenvalue weighted by Crippen LogP contribution is 2.36. The van der Waals surface area contributed by atoms with E-state index in [1.807, 2.05) is 54.5 Å². The molecule has 4 rings (SSSR count). The van der Waals surface area contributed by atoms with Crippen molar-refractivity contribution in [2.24, 2.45) is 0 Å². The molecular formula is C26H31N3O4S. The van der Waals surface area contributed by atoms with E-state index in [2.05, 4.69) is 11.9 Å². The van der Waals surface area contributed by atoms with E-state index in [4.69, 9.17) is 19.2 Å². The quantitative estimate of drug-likeness (QED) is 0.466. The van der Waals surface area contributed by atoms with Crippen molar-refractivity contribution in [3.63, 3.8) is 0 Å². The number of hydrogen-bond donors (Lipinski definition) is 0. The number of thiazole rings is 1. The van der Waals surface area contributed by atoms with Gasteiger partial charge >= 0.3 is 0 Å². The molecule has 0 atom stereocenters. The van der Waals surface area contributed by atoms with Crippen molar-refractivity contribution in [2.45, 2.75) is 13.8 Å². The summed E-state index contributed by atoms with van der Waals surface area (Å²) in [6.45, 7) is 8.24. The maximum absolute atomic E-state index is 13.2. The number of carbonyl (C=O) groups excluding carboxylic acids is 1. The molecule has 8 heteroatoms. The predicted molar refractivity (Wildman–Crippen MR) is 135 cm³/mol. The Labute approximate surface area is 204 Å². The number of likely N-dealkylation sites (N-methyl/N-ethyl adjacent to an activating group) is 1. The Morgan fingerprint density at radius 1 is 0.971 bits per heavy atom. The van der Waals surface area contributed by atoms with Crippen LogP contribution in [0, 0.1) is 0 Å². The third-order valence-electron chi connectivity index (χ3n) is 5.77. The van der Waals surface area contributed by atoms with Gasteiger partial charge in [0.2, 0.25) is 0 Å². The minimum atomic E-state index is 0.0246. The third-order valence-corrected chi connectivity index (χ3v) is 6.66. The molecule has 0 saturated carbocycles. The Morgan fingerprint density at radius 2 is 1.71 bits per heavy atom. The number of benzene rings is 2. The SMILES string of the molecule is CCOc1ccc(-c2nc(-c3cc(OC)cc(C(=O)N4CCN(C)CC4)c3)cs2)cc1OCC. The van der Waals surface area contributed by atoms with Gasteiger partial charge in [-0.1, -0.05) is 0 Å². The minimum Gasteiger partial charge on any atom is -0.497 e. The van der Waals surface area contributed by atoms with Crippen LogP contribution in [0.15, 0.2) is 41.8 Å². The Balaban J connectivity index is 1.62. The van der Waals surface area contributed by atoms with E-state index in [1.54, 1.807) is 24.5 Å². The molecule has 1 amide bonds. The fourth-order valence-corrected chi connectivity index (χ4v) is 4.73. The van der Waals surface area contributed by atoms with Gasteiger partial charge in [0, 0.05) is 48.2 Å². The zero-order chi connectivity index (χ0) is 24.1. The summed E-state index contributed by atoms with van der Waals surface area (Å²) >= 11 is 1.55. The Morgan fingerprint density at radius 3 is 2.41 bits per heavy atom. The molecule has 1 saturated heterocycles. The first-order valence-corrected chi connectivity index (χ1v) is 12.4. The van der Waals surface area contributed by atoms with Crippen LogP contribution in [0.2, 0.25) is 0 Å². The number of nitrogens with zero attached hydrogens (tertiary/aromatic N) is 3. The monoisotopic (exact) mass is 481 g/mol. The van der Waals surface area contributed by atoms with Gasteiger partial charge in [-0.15, -0.1) is 11.3 Å². The normalized spacial score (nSPS) is 14.2. The highest BCUT2D eigenvalue weighted by atomic mass is 32.1. The van der Waals surface area contributed by atoms with Crippen LogP contribution in [0.5, 0.6) is 17.2 Å². The van der Waals surface area contributed by atoms with Crippen LogP contribution in [-0.4, -0.2) is 74.2 Å². The summed E-state index contributed by atoms with van der Waals surface area (Å²) in [5, 5.41) is 2.87. The Bertz CT molecular complexity index is 1140. The second kappa shape index (κ2) is 10.9. The number of rotatable bonds is 8. The zero-order valence-electron chi connectivity index (χ0n) is 20.2. The van der Waals surface area contributed by atoms with Crippen molar-refractivity contribution in [1.29, 1.82) is 0 Å². The van der Waals surface area contributed by atoms with Gasteiger partial charge in [0.05, 0.1) is 26.0 Å². The lowest BCUT2D eigenvalue weighted by Gasteiger charge is -2.32. The summed E-state index contributed by atoms with van der Waals surface area (Å²) in [7, 11) is 3.69. The van der Waals surface area contributed by atoms with Crippen molar-refractivity contribution < 1.29 is 19.0 Å². The lowest BCUT2D eigenvalue weighted by molar-refractivity contribution is 0.0664. The van der Waals surface area contributed by atoms with Crippen LogP contribution < -0.4 is 14.2 Å². The summed E-state index contributed by atoms with van der Waals surface area (Å²) in [5.74, 6) is 2.10. The van der Waals surface area contributed by atoms with Gasteiger partial charge in [-0.05, 0) is 57.3 Å². The first-order chi connectivity index (χ1) is 16.5. The minimum absolute atomic E-state index is 0.0246. The lowest BCUT2D eigenvalue weighted by Crippen LogP contribution is -2.47. The maximum atomic E-state index is 13.2. The molecule has 2 heterocycles. The van der Waals surface area contributed by atoms with Gasteiger partial charge in [0.15, 0.2) is 11.5 Å². The van der Waals surface area contributed by atoms with E-state index in [0.29, 0.717) is 30.3 Å². The van der Waals surface area contributed by atoms with Gasteiger partial charge in [0.1, 0.15) is 10.8 Å². The van der Waals surface area contributed by atoms with Gasteiger partial charge in [0.25, 0.3) is 5.91 Å². The van der Waals surface area contributed by atoms with Crippen molar-refractivity contribution in [3.05, 3.63) is 47.3 Å². The first-order valence-electron chi connectivity index (χ1n) is 11.5. The molecule has 2 aromatic carbocycles. The van der Waals surface area contributed by atoms with Crippen LogP contribution in [0.1, 0.15) is 24.2 Å². The van der Waals surface area contributed by atoms with Crippen LogP contribution >= 0.6 is 11.3 Å². The predicted octanol–water partition coefficient (Wildman–Crippen LogP) is 4.67. The average molecular weight is 482 g/mol. The average Bonchev–Trinajstić information content (AvgIpc) is 3.35. The molecule has 180 valence electrons. The Kier molecular flexibility index (Phi) is 7.70. The summed E-state index contributed by atoms with van der Waals surface area (Å²) in [6.07, 6.45) is 0. The summed E-state index contributed by atoms with van der Waals surface area (Å²) in [6, 6.07) is 11.5. The smallest absolute Gasteiger partial charge is 0.254 e. The number of hydrogen-bond acceptors (Lipinski definition) is 7. The number of aromatic nitrogens is 1. The molecule has 3 aromatic rings. The molecule has 1 fully saturated rings. The molecule has 0 aliphatic carbocycles. The molecule has 0 radical (unpaired) electrons. The zero-order valence-corrected chi connectivity index (χ0v) is 21.0. The molecule has 0 N–H and O–H groups in total. The van der Waals surface area contributed by atoms with Crippen molar-refractivity contribution >= 4 is 17.2 Å². The van der Waals surface area contributed by atoms with Gasteiger partial charge < -0.3 is 24.0 Å². The van der Waals surface area contributed by atoms with Crippen LogP contribution in [-0.2, 0) is 0 Å². The maximum Gasteiger partial charge on any atom is 0.254 e. The standard InChI is InChI=1S/C26H31N3O4S/c1-5-32-23-8-7-18(16-24(23)33-6-2)25-27-22(17-34-25)19-13-20(15-21(14-19)31-4)26(30)29-11-9-28(3)10-12-29/h7-8,13-17H,5-6,9-12H2,1-4H3. The van der Waals surface area contributed by atoms with Crippen LogP contribution in [0.4, 0.5) is 0 Å². The second-order valence-electron chi connectivity index (χ2n) is 8.11. The summed E-state index contributed by atoms with van der Waals surface area (Å²) in [5.41, 5.74) is 3.24. The fraction of sp³-hybridized carbons (Fsp3) is 0.385. The molecule has 1 aliphatic rings. The molecule has 1 aromatic heterocycles. The fourth-order valence-electron chi connectivity index (χ4n) is 3.90. The highest BCUT2D eigenvalue weighted by molar-refractivity contribution is 7.13. The molecule has 7 nitrogen and oxygen atoms in total. The lowest BCUT2D eigenvalue weighted by atomic mass is 10.1. The van der Waals surface area contributed by atoms with Gasteiger partial charge in [-0.25, -0.2) is 4.98 Å². The number of ether oxygens (including phenoxy) is 3. The molecule has 34 heavy (non-hydrogen) atoms. The second-order valence-corrected chi connectivity index (χ2v) is 8.97. The highest BCUT2D eigenvalue weighted by Gasteiger charge is 2.22. The van der Waals surface area contributed by atoms with E-state index >= 15 is 0 Å². The largest absolute Gasteiger partial charge is 0.497 e. The first kappa shape index (κ1) is 24.0. The molecule has 1 aliphatic heterocycles. The van der Waals surface area contributed by atoms with Crippen molar-refractivity contribution in [2.75, 3.05) is 53.6 Å². The molecule has 0 unspecified atom stereocenters. The van der Waals surface area contributed by atoms with Crippen molar-refractivity contribution in [3.8, 4) is 39.1 Å². The summed E-state index contributed by atoms with van der Waals surface area (Å²) in [4.78, 5) is 22.2. The number of piperazine rings is 1. The van der Waals surface area contributed by atoms with E-state index in [9.17, 15) is 4.79 Å². The van der Waals surface area contributed by atoms with E-state index in [1.165, 1.54) is 0 Å². The number of amides is 1. The van der Waals surface area contributed by atoms with Crippen molar-refractivity contribution in [1.82, 2.24) is 14.8 Å². The topological polar surface area (TPSA) is 64.1 Å².